The number of fused-ring (bicyclic) bond motifs is 6. The molecule has 0 spiro atoms. The molecule has 4 aromatic rings. The minimum atomic E-state index is -1.09. The molecule has 192 valence electrons. The van der Waals surface area contributed by atoms with Crippen LogP contribution < -0.4 is 20.8 Å². The van der Waals surface area contributed by atoms with E-state index in [2.05, 4.69) is 111 Å². The highest BCUT2D eigenvalue weighted by Crippen LogP contribution is 2.48. The molecule has 3 aliphatic rings. The van der Waals surface area contributed by atoms with Gasteiger partial charge in [0.05, 0.1) is 12.1 Å². The van der Waals surface area contributed by atoms with Crippen LogP contribution >= 0.6 is 0 Å². The van der Waals surface area contributed by atoms with Crippen molar-refractivity contribution in [2.24, 2.45) is 0 Å². The molecule has 4 nitrogen and oxygen atoms in total. The maximum absolute atomic E-state index is 13.4. The van der Waals surface area contributed by atoms with Gasteiger partial charge in [0.15, 0.2) is 0 Å². The van der Waals surface area contributed by atoms with Gasteiger partial charge in [0, 0.05) is 22.2 Å². The van der Waals surface area contributed by atoms with Crippen molar-refractivity contribution in [3.8, 4) is 0 Å². The molecule has 1 aliphatic carbocycles. The van der Waals surface area contributed by atoms with Crippen molar-refractivity contribution in [1.29, 1.82) is 0 Å². The number of hydrogen-bond acceptors (Lipinski definition) is 4. The molecule has 7 rings (SSSR count). The first-order valence-corrected chi connectivity index (χ1v) is 13.5. The first-order chi connectivity index (χ1) is 18.2. The van der Waals surface area contributed by atoms with Gasteiger partial charge >= 0.3 is 0 Å². The van der Waals surface area contributed by atoms with Gasteiger partial charge in [-0.3, -0.25) is 0 Å². The first-order valence-electron chi connectivity index (χ1n) is 13.5. The number of nitrogens with one attached hydrogen (secondary N) is 2. The van der Waals surface area contributed by atoms with E-state index < -0.39 is 12.2 Å². The standard InChI is InChI=1S/C34H32N2O2/c1-33(2)27(35-25-15-13-19-9-5-7-11-21(19)29(25)33)17-23-31(37)24(32(23)38)18-28-34(3,4)30-22-12-8-6-10-20(22)14-16-26(30)36-28/h5-18,27-28,31-32,35-36H,1-4H3/q-2. The third kappa shape index (κ3) is 3.17. The second-order valence-corrected chi connectivity index (χ2v) is 12.2. The van der Waals surface area contributed by atoms with Crippen LogP contribution in [0.3, 0.4) is 0 Å². The summed E-state index contributed by atoms with van der Waals surface area (Å²) in [6, 6.07) is 25.1. The average Bonchev–Trinajstić information content (AvgIpc) is 3.33. The fourth-order valence-electron chi connectivity index (χ4n) is 6.98. The normalized spacial score (nSPS) is 26.4. The zero-order valence-corrected chi connectivity index (χ0v) is 22.2. The Morgan fingerprint density at radius 1 is 0.579 bits per heavy atom. The summed E-state index contributed by atoms with van der Waals surface area (Å²) in [6.45, 7) is 8.78. The van der Waals surface area contributed by atoms with E-state index in [1.165, 1.54) is 32.7 Å². The summed E-state index contributed by atoms with van der Waals surface area (Å²) >= 11 is 0. The fourth-order valence-corrected chi connectivity index (χ4v) is 6.98. The number of hydrogen-bond donors (Lipinski definition) is 2. The Hall–Kier alpha value is -3.60. The summed E-state index contributed by atoms with van der Waals surface area (Å²) in [5.41, 5.74) is 5.07. The molecule has 0 amide bonds. The number of rotatable bonds is 2. The Morgan fingerprint density at radius 2 is 0.974 bits per heavy atom. The van der Waals surface area contributed by atoms with Crippen molar-refractivity contribution in [1.82, 2.24) is 0 Å². The predicted molar refractivity (Wildman–Crippen MR) is 153 cm³/mol. The van der Waals surface area contributed by atoms with Crippen molar-refractivity contribution >= 4 is 32.9 Å². The Kier molecular flexibility index (Phi) is 4.92. The van der Waals surface area contributed by atoms with Gasteiger partial charge in [0.2, 0.25) is 0 Å². The lowest BCUT2D eigenvalue weighted by Crippen LogP contribution is -2.57. The van der Waals surface area contributed by atoms with Gasteiger partial charge in [0.1, 0.15) is 0 Å². The smallest absolute Gasteiger partial charge is 0.0539 e. The second-order valence-electron chi connectivity index (χ2n) is 12.2. The molecular weight excluding hydrogens is 468 g/mol. The van der Waals surface area contributed by atoms with Gasteiger partial charge in [-0.15, -0.1) is 0 Å². The Balaban J connectivity index is 1.18. The molecule has 0 radical (unpaired) electrons. The van der Waals surface area contributed by atoms with Crippen LogP contribution in [0.15, 0.2) is 96.1 Å². The van der Waals surface area contributed by atoms with E-state index in [9.17, 15) is 10.2 Å². The summed E-state index contributed by atoms with van der Waals surface area (Å²) in [7, 11) is 0. The SMILES string of the molecule is CC1(C)c2c(ccc3ccccc23)NC1C=C1C([O-])C(=CC2Nc3ccc4ccccc4c3C2(C)C)C1[O-]. The average molecular weight is 501 g/mol. The highest BCUT2D eigenvalue weighted by atomic mass is 16.3. The molecule has 4 heteroatoms. The highest BCUT2D eigenvalue weighted by molar-refractivity contribution is 5.94. The zero-order valence-electron chi connectivity index (χ0n) is 22.2. The molecule has 1 fully saturated rings. The molecule has 2 aliphatic heterocycles. The molecule has 4 aromatic carbocycles. The summed E-state index contributed by atoms with van der Waals surface area (Å²) < 4.78 is 0. The van der Waals surface area contributed by atoms with E-state index in [0.717, 1.165) is 11.4 Å². The maximum Gasteiger partial charge on any atom is 0.0539 e. The Morgan fingerprint density at radius 3 is 1.39 bits per heavy atom. The number of anilines is 2. The molecule has 0 aromatic heterocycles. The van der Waals surface area contributed by atoms with Gasteiger partial charge in [0.25, 0.3) is 0 Å². The van der Waals surface area contributed by atoms with E-state index >= 15 is 0 Å². The summed E-state index contributed by atoms with van der Waals surface area (Å²) in [5.74, 6) is 0. The second kappa shape index (κ2) is 7.95. The van der Waals surface area contributed by atoms with Crippen LogP contribution in [-0.4, -0.2) is 24.3 Å². The Bertz CT molecular complexity index is 1540. The lowest BCUT2D eigenvalue weighted by atomic mass is 9.71. The molecule has 1 saturated carbocycles. The quantitative estimate of drug-likeness (QED) is 0.373. The lowest BCUT2D eigenvalue weighted by Gasteiger charge is -2.53. The van der Waals surface area contributed by atoms with Gasteiger partial charge in [-0.1, -0.05) is 124 Å². The largest absolute Gasteiger partial charge is 0.846 e. The van der Waals surface area contributed by atoms with Crippen LogP contribution in [0.4, 0.5) is 11.4 Å². The first kappa shape index (κ1) is 23.5. The fraction of sp³-hybridized carbons (Fsp3) is 0.294. The summed E-state index contributed by atoms with van der Waals surface area (Å²) in [5, 5.41) is 38.9. The van der Waals surface area contributed by atoms with Crippen molar-refractivity contribution in [3.63, 3.8) is 0 Å². The molecule has 2 unspecified atom stereocenters. The van der Waals surface area contributed by atoms with E-state index in [4.69, 9.17) is 0 Å². The van der Waals surface area contributed by atoms with Crippen LogP contribution in [0, 0.1) is 0 Å². The van der Waals surface area contributed by atoms with Gasteiger partial charge < -0.3 is 20.8 Å². The topological polar surface area (TPSA) is 70.2 Å². The van der Waals surface area contributed by atoms with Gasteiger partial charge in [-0.25, -0.2) is 0 Å². The third-order valence-corrected chi connectivity index (χ3v) is 9.25. The van der Waals surface area contributed by atoms with Crippen LogP contribution in [-0.2, 0) is 10.8 Å². The summed E-state index contributed by atoms with van der Waals surface area (Å²) in [6.07, 6.45) is 1.68. The van der Waals surface area contributed by atoms with E-state index in [0.29, 0.717) is 11.1 Å². The highest BCUT2D eigenvalue weighted by Gasteiger charge is 2.42. The number of benzene rings is 4. The van der Waals surface area contributed by atoms with E-state index in [1.807, 2.05) is 12.2 Å². The van der Waals surface area contributed by atoms with Crippen molar-refractivity contribution in [2.45, 2.75) is 62.8 Å². The molecule has 0 saturated heterocycles. The van der Waals surface area contributed by atoms with E-state index in [1.54, 1.807) is 0 Å². The van der Waals surface area contributed by atoms with Gasteiger partial charge in [-0.2, -0.15) is 0 Å². The van der Waals surface area contributed by atoms with Crippen LogP contribution in [0.25, 0.3) is 21.5 Å². The molecule has 2 heterocycles. The molecule has 2 atom stereocenters. The molecule has 2 N–H and O–H groups in total. The maximum atomic E-state index is 13.4. The van der Waals surface area contributed by atoms with Crippen molar-refractivity contribution in [2.75, 3.05) is 10.6 Å². The van der Waals surface area contributed by atoms with Crippen molar-refractivity contribution in [3.05, 3.63) is 107 Å². The zero-order chi connectivity index (χ0) is 26.4. The summed E-state index contributed by atoms with van der Waals surface area (Å²) in [4.78, 5) is 0. The third-order valence-electron chi connectivity index (χ3n) is 9.25. The molecule has 0 bridgehead atoms. The molecule has 38 heavy (non-hydrogen) atoms. The minimum absolute atomic E-state index is 0.107. The molecular formula is C34H32N2O2-2. The minimum Gasteiger partial charge on any atom is -0.846 e. The lowest BCUT2D eigenvalue weighted by molar-refractivity contribution is -0.464. The van der Waals surface area contributed by atoms with Crippen LogP contribution in [0.1, 0.15) is 38.8 Å². The monoisotopic (exact) mass is 500 g/mol. The Labute approximate surface area is 223 Å². The predicted octanol–water partition coefficient (Wildman–Crippen LogP) is 5.16. The van der Waals surface area contributed by atoms with Crippen LogP contribution in [0.5, 0.6) is 0 Å². The van der Waals surface area contributed by atoms with E-state index in [-0.39, 0.29) is 22.9 Å². The van der Waals surface area contributed by atoms with Crippen LogP contribution in [0.2, 0.25) is 0 Å². The van der Waals surface area contributed by atoms with Crippen molar-refractivity contribution < 1.29 is 10.2 Å². The van der Waals surface area contributed by atoms with Gasteiger partial charge in [-0.05, 0) is 44.8 Å².